The van der Waals surface area contributed by atoms with E-state index in [0.29, 0.717) is 13.0 Å². The molecule has 0 saturated heterocycles. The first-order valence-electron chi connectivity index (χ1n) is 6.61. The standard InChI is InChI=1S/C14H19NO5S/c1-3-15-14(18)10(2)21(19,20)12-7-4-11(5-8-12)6-9-13(16)17/h4-5,7-8,10H,3,6,9H2,1-2H3,(H,15,18)(H,16,17). The predicted octanol–water partition coefficient (Wildman–Crippen LogP) is 1.00. The number of aliphatic carboxylic acids is 1. The van der Waals surface area contributed by atoms with Gasteiger partial charge < -0.3 is 10.4 Å². The monoisotopic (exact) mass is 313 g/mol. The Bertz CT molecular complexity index is 607. The summed E-state index contributed by atoms with van der Waals surface area (Å²) in [5, 5.41) is 9.92. The molecule has 0 heterocycles. The molecule has 1 atom stereocenters. The van der Waals surface area contributed by atoms with Crippen molar-refractivity contribution in [1.82, 2.24) is 5.32 Å². The summed E-state index contributed by atoms with van der Waals surface area (Å²) in [6, 6.07) is 5.95. The third-order valence-corrected chi connectivity index (χ3v) is 5.14. The van der Waals surface area contributed by atoms with Crippen molar-refractivity contribution in [2.24, 2.45) is 0 Å². The van der Waals surface area contributed by atoms with Crippen LogP contribution in [-0.2, 0) is 25.8 Å². The van der Waals surface area contributed by atoms with E-state index in [1.807, 2.05) is 0 Å². The molecule has 7 heteroatoms. The molecule has 2 N–H and O–H groups in total. The van der Waals surface area contributed by atoms with Crippen LogP contribution in [-0.4, -0.2) is 37.2 Å². The lowest BCUT2D eigenvalue weighted by Crippen LogP contribution is -2.37. The van der Waals surface area contributed by atoms with Crippen molar-refractivity contribution in [3.05, 3.63) is 29.8 Å². The average molecular weight is 313 g/mol. The van der Waals surface area contributed by atoms with Gasteiger partial charge in [0, 0.05) is 13.0 Å². The minimum Gasteiger partial charge on any atom is -0.481 e. The Labute approximate surface area is 124 Å². The van der Waals surface area contributed by atoms with Crippen LogP contribution in [0.3, 0.4) is 0 Å². The van der Waals surface area contributed by atoms with Crippen molar-refractivity contribution in [2.45, 2.75) is 36.8 Å². The second kappa shape index (κ2) is 7.21. The molecule has 0 aliphatic carbocycles. The van der Waals surface area contributed by atoms with Crippen molar-refractivity contribution >= 4 is 21.7 Å². The summed E-state index contributed by atoms with van der Waals surface area (Å²) in [7, 11) is -3.74. The molecule has 0 aliphatic rings. The smallest absolute Gasteiger partial charge is 0.303 e. The van der Waals surface area contributed by atoms with Crippen LogP contribution in [0.4, 0.5) is 0 Å². The maximum absolute atomic E-state index is 12.3. The molecule has 116 valence electrons. The van der Waals surface area contributed by atoms with Crippen LogP contribution in [0.2, 0.25) is 0 Å². The van der Waals surface area contributed by atoms with E-state index in [9.17, 15) is 18.0 Å². The van der Waals surface area contributed by atoms with E-state index < -0.39 is 27.0 Å². The number of carbonyl (C=O) groups is 2. The summed E-state index contributed by atoms with van der Waals surface area (Å²) in [6.45, 7) is 3.43. The Balaban J connectivity index is 2.89. The lowest BCUT2D eigenvalue weighted by atomic mass is 10.1. The van der Waals surface area contributed by atoms with Gasteiger partial charge >= 0.3 is 5.97 Å². The van der Waals surface area contributed by atoms with Crippen LogP contribution in [0.5, 0.6) is 0 Å². The third kappa shape index (κ3) is 4.56. The SMILES string of the molecule is CCNC(=O)C(C)S(=O)(=O)c1ccc(CCC(=O)O)cc1. The molecule has 0 bridgehead atoms. The second-order valence-corrected chi connectivity index (χ2v) is 6.89. The molecular weight excluding hydrogens is 294 g/mol. The molecule has 1 aromatic carbocycles. The van der Waals surface area contributed by atoms with E-state index >= 15 is 0 Å². The van der Waals surface area contributed by atoms with Gasteiger partial charge in [0.1, 0.15) is 5.25 Å². The molecule has 1 rings (SSSR count). The summed E-state index contributed by atoms with van der Waals surface area (Å²) in [5.41, 5.74) is 0.738. The summed E-state index contributed by atoms with van der Waals surface area (Å²) >= 11 is 0. The molecule has 0 aromatic heterocycles. The van der Waals surface area contributed by atoms with Gasteiger partial charge in [0.2, 0.25) is 5.91 Å². The zero-order valence-electron chi connectivity index (χ0n) is 12.0. The van der Waals surface area contributed by atoms with E-state index in [1.165, 1.54) is 19.1 Å². The molecule has 1 amide bonds. The van der Waals surface area contributed by atoms with Gasteiger partial charge in [-0.05, 0) is 38.0 Å². The summed E-state index contributed by atoms with van der Waals surface area (Å²) < 4.78 is 24.5. The van der Waals surface area contributed by atoms with Crippen molar-refractivity contribution in [3.63, 3.8) is 0 Å². The van der Waals surface area contributed by atoms with Gasteiger partial charge in [-0.15, -0.1) is 0 Å². The predicted molar refractivity (Wildman–Crippen MR) is 77.7 cm³/mol. The van der Waals surface area contributed by atoms with Crippen LogP contribution in [0.15, 0.2) is 29.2 Å². The van der Waals surface area contributed by atoms with Crippen molar-refractivity contribution in [1.29, 1.82) is 0 Å². The zero-order valence-corrected chi connectivity index (χ0v) is 12.8. The van der Waals surface area contributed by atoms with E-state index in [-0.39, 0.29) is 11.3 Å². The number of nitrogens with one attached hydrogen (secondary N) is 1. The molecule has 21 heavy (non-hydrogen) atoms. The molecule has 1 aromatic rings. The van der Waals surface area contributed by atoms with Crippen molar-refractivity contribution in [2.75, 3.05) is 6.54 Å². The summed E-state index contributed by atoms with van der Waals surface area (Å²) in [4.78, 5) is 22.2. The molecule has 0 spiro atoms. The highest BCUT2D eigenvalue weighted by molar-refractivity contribution is 7.92. The van der Waals surface area contributed by atoms with Gasteiger partial charge in [-0.3, -0.25) is 9.59 Å². The van der Waals surface area contributed by atoms with E-state index in [0.717, 1.165) is 5.56 Å². The molecule has 0 fully saturated rings. The average Bonchev–Trinajstić information content (AvgIpc) is 2.45. The fourth-order valence-electron chi connectivity index (χ4n) is 1.76. The normalized spacial score (nSPS) is 12.7. The third-order valence-electron chi connectivity index (χ3n) is 3.07. The highest BCUT2D eigenvalue weighted by atomic mass is 32.2. The second-order valence-electron chi connectivity index (χ2n) is 4.62. The first-order chi connectivity index (χ1) is 9.78. The fraction of sp³-hybridized carbons (Fsp3) is 0.429. The lowest BCUT2D eigenvalue weighted by Gasteiger charge is -2.13. The topological polar surface area (TPSA) is 101 Å². The van der Waals surface area contributed by atoms with E-state index in [1.54, 1.807) is 19.1 Å². The van der Waals surface area contributed by atoms with Crippen LogP contribution in [0.1, 0.15) is 25.8 Å². The van der Waals surface area contributed by atoms with Crippen molar-refractivity contribution < 1.29 is 23.1 Å². The Kier molecular flexibility index (Phi) is 5.90. The van der Waals surface area contributed by atoms with Gasteiger partial charge in [0.15, 0.2) is 9.84 Å². The molecule has 0 saturated carbocycles. The highest BCUT2D eigenvalue weighted by Gasteiger charge is 2.29. The molecule has 6 nitrogen and oxygen atoms in total. The minimum atomic E-state index is -3.74. The zero-order chi connectivity index (χ0) is 16.0. The van der Waals surface area contributed by atoms with E-state index in [2.05, 4.69) is 5.32 Å². The Hall–Kier alpha value is -1.89. The van der Waals surface area contributed by atoms with Crippen molar-refractivity contribution in [3.8, 4) is 0 Å². The minimum absolute atomic E-state index is 0.0125. The number of carbonyl (C=O) groups excluding carboxylic acids is 1. The Morgan fingerprint density at radius 2 is 1.81 bits per heavy atom. The maximum atomic E-state index is 12.3. The van der Waals surface area contributed by atoms with Gasteiger partial charge in [-0.1, -0.05) is 12.1 Å². The number of sulfone groups is 1. The first-order valence-corrected chi connectivity index (χ1v) is 8.16. The summed E-state index contributed by atoms with van der Waals surface area (Å²) in [6.07, 6.45) is 0.322. The molecule has 0 radical (unpaired) electrons. The van der Waals surface area contributed by atoms with Gasteiger partial charge in [-0.2, -0.15) is 0 Å². The number of hydrogen-bond donors (Lipinski definition) is 2. The van der Waals surface area contributed by atoms with Gasteiger partial charge in [0.05, 0.1) is 4.90 Å². The first kappa shape index (κ1) is 17.2. The van der Waals surface area contributed by atoms with E-state index in [4.69, 9.17) is 5.11 Å². The van der Waals surface area contributed by atoms with Gasteiger partial charge in [-0.25, -0.2) is 8.42 Å². The van der Waals surface area contributed by atoms with Crippen LogP contribution >= 0.6 is 0 Å². The Morgan fingerprint density at radius 1 is 1.24 bits per heavy atom. The van der Waals surface area contributed by atoms with Crippen LogP contribution in [0, 0.1) is 0 Å². The number of hydrogen-bond acceptors (Lipinski definition) is 4. The molecular formula is C14H19NO5S. The summed E-state index contributed by atoms with van der Waals surface area (Å²) in [5.74, 6) is -1.44. The number of rotatable bonds is 7. The van der Waals surface area contributed by atoms with Gasteiger partial charge in [0.25, 0.3) is 0 Å². The lowest BCUT2D eigenvalue weighted by molar-refractivity contribution is -0.137. The number of aryl methyl sites for hydroxylation is 1. The number of carboxylic acid groups (broad SMARTS) is 1. The largest absolute Gasteiger partial charge is 0.481 e. The Morgan fingerprint density at radius 3 is 2.29 bits per heavy atom. The van der Waals surface area contributed by atoms with Crippen LogP contribution in [0.25, 0.3) is 0 Å². The number of benzene rings is 1. The molecule has 0 aliphatic heterocycles. The number of carboxylic acids is 1. The molecule has 1 unspecified atom stereocenters. The highest BCUT2D eigenvalue weighted by Crippen LogP contribution is 2.17. The number of amides is 1. The maximum Gasteiger partial charge on any atom is 0.303 e. The fourth-order valence-corrected chi connectivity index (χ4v) is 3.05. The van der Waals surface area contributed by atoms with Crippen LogP contribution < -0.4 is 5.32 Å². The quantitative estimate of drug-likeness (QED) is 0.782.